The van der Waals surface area contributed by atoms with Crippen molar-refractivity contribution in [3.63, 3.8) is 0 Å². The van der Waals surface area contributed by atoms with Crippen molar-refractivity contribution in [2.24, 2.45) is 0 Å². The van der Waals surface area contributed by atoms with E-state index in [1.54, 1.807) is 38.1 Å². The molecule has 0 aliphatic carbocycles. The zero-order chi connectivity index (χ0) is 43.9. The Bertz CT molecular complexity index is 2260. The van der Waals surface area contributed by atoms with Gasteiger partial charge in [0, 0.05) is 0 Å². The van der Waals surface area contributed by atoms with E-state index in [9.17, 15) is 26.3 Å². The molecule has 61 heavy (non-hydrogen) atoms. The lowest BCUT2D eigenvalue weighted by Gasteiger charge is -2.16. The number of hydrogen-bond acceptors (Lipinski definition) is 2. The number of alkyl halides is 6. The van der Waals surface area contributed by atoms with Crippen molar-refractivity contribution >= 4 is 0 Å². The minimum atomic E-state index is -4.72. The molecule has 0 heterocycles. The minimum Gasteiger partial charge on any atom is -0.406 e. The molecule has 0 fully saturated rings. The topological polar surface area (TPSA) is 18.5 Å². The van der Waals surface area contributed by atoms with E-state index in [0.717, 1.165) is 79.6 Å². The third kappa shape index (κ3) is 11.9. The molecule has 0 spiro atoms. The molecule has 0 saturated heterocycles. The van der Waals surface area contributed by atoms with E-state index in [1.165, 1.54) is 68.2 Å². The van der Waals surface area contributed by atoms with E-state index in [1.807, 2.05) is 12.1 Å². The van der Waals surface area contributed by atoms with Gasteiger partial charge in [-0.2, -0.15) is 0 Å². The lowest BCUT2D eigenvalue weighted by atomic mass is 9.90. The van der Waals surface area contributed by atoms with Crippen molar-refractivity contribution in [3.8, 4) is 56.0 Å². The maximum atomic E-state index is 12.7. The van der Waals surface area contributed by atoms with Gasteiger partial charge in [-0.05, 0) is 181 Å². The summed E-state index contributed by atoms with van der Waals surface area (Å²) in [5.41, 5.74) is 16.3. The standard InChI is InChI=1S/C53H54F6O2/c1-34-32-44(24-30-50(34)60-52(54,55)56)48-28-26-46(36(3)38(48)5)42-20-16-40(17-21-42)14-12-10-8-7-9-11-13-15-41-18-22-43(23-19-41)47-27-29-49(39(6)37(47)4)45-25-31-51(35(2)33-45)61-53(57,58)59/h16-33H,7-15H2,1-6H3. The van der Waals surface area contributed by atoms with Crippen LogP contribution in [0.4, 0.5) is 26.3 Å². The third-order valence-corrected chi connectivity index (χ3v) is 12.0. The fourth-order valence-electron chi connectivity index (χ4n) is 8.25. The largest absolute Gasteiger partial charge is 0.573 e. The Balaban J connectivity index is 0.902. The summed E-state index contributed by atoms with van der Waals surface area (Å²) in [7, 11) is 0. The summed E-state index contributed by atoms with van der Waals surface area (Å²) in [5.74, 6) is -0.367. The number of rotatable bonds is 16. The van der Waals surface area contributed by atoms with E-state index in [0.29, 0.717) is 11.1 Å². The second-order valence-corrected chi connectivity index (χ2v) is 16.2. The van der Waals surface area contributed by atoms with Gasteiger partial charge in [-0.15, -0.1) is 26.3 Å². The molecule has 2 nitrogen and oxygen atoms in total. The van der Waals surface area contributed by atoms with Gasteiger partial charge < -0.3 is 9.47 Å². The Hall–Kier alpha value is -5.50. The number of unbranched alkanes of at least 4 members (excludes halogenated alkanes) is 6. The Labute approximate surface area is 356 Å². The first-order valence-corrected chi connectivity index (χ1v) is 21.1. The predicted octanol–water partition coefficient (Wildman–Crippen LogP) is 16.5. The quantitative estimate of drug-likeness (QED) is 0.0714. The molecule has 0 unspecified atom stereocenters. The highest BCUT2D eigenvalue weighted by atomic mass is 19.4. The highest BCUT2D eigenvalue weighted by Crippen LogP contribution is 2.38. The van der Waals surface area contributed by atoms with Gasteiger partial charge in [0.2, 0.25) is 0 Å². The number of benzene rings is 6. The van der Waals surface area contributed by atoms with Crippen molar-refractivity contribution in [3.05, 3.63) is 154 Å². The van der Waals surface area contributed by atoms with Crippen LogP contribution in [-0.2, 0) is 12.8 Å². The van der Waals surface area contributed by atoms with Crippen LogP contribution in [0.15, 0.2) is 109 Å². The van der Waals surface area contributed by atoms with Gasteiger partial charge in [0.05, 0.1) is 0 Å². The summed E-state index contributed by atoms with van der Waals surface area (Å²) in [4.78, 5) is 0. The summed E-state index contributed by atoms with van der Waals surface area (Å²) in [6.07, 6.45) is 1.17. The number of ether oxygens (including phenoxy) is 2. The smallest absolute Gasteiger partial charge is 0.406 e. The molecule has 6 rings (SSSR count). The van der Waals surface area contributed by atoms with E-state index in [2.05, 4.69) is 97.8 Å². The molecule has 0 radical (unpaired) electrons. The molecule has 0 atom stereocenters. The summed E-state index contributed by atoms with van der Waals surface area (Å²) in [6.45, 7) is 11.6. The van der Waals surface area contributed by atoms with Crippen molar-refractivity contribution in [2.45, 2.75) is 112 Å². The van der Waals surface area contributed by atoms with Crippen LogP contribution in [0.25, 0.3) is 44.5 Å². The van der Waals surface area contributed by atoms with Crippen LogP contribution in [-0.4, -0.2) is 12.7 Å². The van der Waals surface area contributed by atoms with Gasteiger partial charge in [0.25, 0.3) is 0 Å². The molecule has 6 aromatic carbocycles. The van der Waals surface area contributed by atoms with Crippen molar-refractivity contribution < 1.29 is 35.8 Å². The van der Waals surface area contributed by atoms with Gasteiger partial charge in [0.15, 0.2) is 0 Å². The van der Waals surface area contributed by atoms with Crippen LogP contribution in [0.1, 0.15) is 89.5 Å². The number of aryl methyl sites for hydroxylation is 4. The molecule has 0 N–H and O–H groups in total. The Morgan fingerprint density at radius 1 is 0.344 bits per heavy atom. The molecule has 0 aromatic heterocycles. The number of hydrogen-bond donors (Lipinski definition) is 0. The van der Waals surface area contributed by atoms with Gasteiger partial charge in [-0.3, -0.25) is 0 Å². The SMILES string of the molecule is Cc1cc(-c2ccc(-c3ccc(CCCCCCCCCc4ccc(-c5ccc(-c6ccc(OC(F)(F)F)c(C)c6)c(C)c5C)cc4)cc3)c(C)c2C)ccc1OC(F)(F)F. The van der Waals surface area contributed by atoms with Gasteiger partial charge >= 0.3 is 12.7 Å². The molecule has 0 aliphatic rings. The van der Waals surface area contributed by atoms with E-state index in [4.69, 9.17) is 0 Å². The Kier molecular flexibility index (Phi) is 14.4. The van der Waals surface area contributed by atoms with Crippen LogP contribution in [0.2, 0.25) is 0 Å². The second-order valence-electron chi connectivity index (χ2n) is 16.2. The van der Waals surface area contributed by atoms with Crippen LogP contribution in [0.3, 0.4) is 0 Å². The van der Waals surface area contributed by atoms with E-state index >= 15 is 0 Å². The van der Waals surface area contributed by atoms with Crippen LogP contribution in [0.5, 0.6) is 11.5 Å². The molecular weight excluding hydrogens is 783 g/mol. The third-order valence-electron chi connectivity index (χ3n) is 12.0. The molecule has 8 heteroatoms. The molecule has 0 amide bonds. The monoisotopic (exact) mass is 836 g/mol. The first-order chi connectivity index (χ1) is 29.0. The summed E-state index contributed by atoms with van der Waals surface area (Å²) in [6, 6.07) is 35.5. The van der Waals surface area contributed by atoms with Crippen molar-refractivity contribution in [1.29, 1.82) is 0 Å². The summed E-state index contributed by atoms with van der Waals surface area (Å²) >= 11 is 0. The van der Waals surface area contributed by atoms with Gasteiger partial charge in [0.1, 0.15) is 11.5 Å². The zero-order valence-electron chi connectivity index (χ0n) is 35.8. The van der Waals surface area contributed by atoms with E-state index < -0.39 is 12.7 Å². The molecule has 6 aromatic rings. The first-order valence-electron chi connectivity index (χ1n) is 21.1. The molecule has 0 aliphatic heterocycles. The second kappa shape index (κ2) is 19.5. The molecule has 0 bridgehead atoms. The average Bonchev–Trinajstić information content (AvgIpc) is 3.20. The fraction of sp³-hybridized carbons (Fsp3) is 0.321. The van der Waals surface area contributed by atoms with E-state index in [-0.39, 0.29) is 11.5 Å². The first kappa shape index (κ1) is 45.0. The normalized spacial score (nSPS) is 11.9. The van der Waals surface area contributed by atoms with Crippen LogP contribution >= 0.6 is 0 Å². The summed E-state index contributed by atoms with van der Waals surface area (Å²) < 4.78 is 84.8. The fourth-order valence-corrected chi connectivity index (χ4v) is 8.25. The van der Waals surface area contributed by atoms with Crippen molar-refractivity contribution in [1.82, 2.24) is 0 Å². The minimum absolute atomic E-state index is 0.183. The lowest BCUT2D eigenvalue weighted by molar-refractivity contribution is -0.275. The Morgan fingerprint density at radius 3 is 0.918 bits per heavy atom. The summed E-state index contributed by atoms with van der Waals surface area (Å²) in [5, 5.41) is 0. The van der Waals surface area contributed by atoms with Gasteiger partial charge in [-0.1, -0.05) is 117 Å². The van der Waals surface area contributed by atoms with Crippen LogP contribution in [0, 0.1) is 41.5 Å². The number of halogens is 6. The van der Waals surface area contributed by atoms with Crippen LogP contribution < -0.4 is 9.47 Å². The van der Waals surface area contributed by atoms with Gasteiger partial charge in [-0.25, -0.2) is 0 Å². The zero-order valence-corrected chi connectivity index (χ0v) is 35.8. The average molecular weight is 837 g/mol. The lowest BCUT2D eigenvalue weighted by Crippen LogP contribution is -2.17. The highest BCUT2D eigenvalue weighted by molar-refractivity contribution is 5.79. The van der Waals surface area contributed by atoms with Crippen molar-refractivity contribution in [2.75, 3.05) is 0 Å². The molecule has 0 saturated carbocycles. The highest BCUT2D eigenvalue weighted by Gasteiger charge is 2.32. The maximum absolute atomic E-state index is 12.7. The molecule has 320 valence electrons. The maximum Gasteiger partial charge on any atom is 0.573 e. The Morgan fingerprint density at radius 2 is 0.623 bits per heavy atom. The molecular formula is C53H54F6O2. The predicted molar refractivity (Wildman–Crippen MR) is 236 cm³/mol.